The van der Waals surface area contributed by atoms with Crippen LogP contribution in [0.25, 0.3) is 0 Å². The number of hydrogen-bond donors (Lipinski definition) is 10. The molecule has 3 unspecified atom stereocenters. The Morgan fingerprint density at radius 3 is 1.18 bits per heavy atom. The third kappa shape index (κ3) is 103. The number of carbonyl (C=O) groups is 15. The first-order chi connectivity index (χ1) is 55.3. The molecule has 0 aromatic rings. The van der Waals surface area contributed by atoms with Crippen molar-refractivity contribution in [2.75, 3.05) is 125 Å². The van der Waals surface area contributed by atoms with Gasteiger partial charge in [-0.15, -0.1) is 0 Å². The van der Waals surface area contributed by atoms with Crippen molar-refractivity contribution in [3.8, 4) is 0 Å². The van der Waals surface area contributed by atoms with Gasteiger partial charge < -0.3 is 102 Å². The number of epoxide rings is 1. The van der Waals surface area contributed by atoms with Gasteiger partial charge in [0.1, 0.15) is 50.2 Å². The average Bonchev–Trinajstić information content (AvgIpc) is 1.70. The molecule has 5 amide bonds. The molecule has 4 fully saturated rings. The SMILES string of the molecule is C=CC(=O)Cl.C=CC(=O)Cl.C=CC(=O)NC(C)(C)C(=O)N1CC1.C=CC(=O)NC(C)(C)C(=O)NCC(C)(C)COC(=O)C(C)C.C=CC(=O)NCCOC(=O)C(C)C.C=CC(=O)OCC(O)CCOC(=O)C(C)C.C=CC(=O)OCC1CO1.C=CC(=O)OCCNCCOC(=O)C(C)C.CC.CC.CC(C)C(=O)O.CC1CN1.N.O.OCCN1CC1. The molecule has 0 radical (unpaired) electrons. The number of aliphatic hydroxyl groups is 2. The summed E-state index contributed by atoms with van der Waals surface area (Å²) in [5.74, 6) is -5.37. The van der Waals surface area contributed by atoms with Gasteiger partial charge in [0, 0.05) is 95.0 Å². The van der Waals surface area contributed by atoms with Gasteiger partial charge in [0.2, 0.25) is 40.0 Å². The molecule has 3 atom stereocenters. The van der Waals surface area contributed by atoms with Gasteiger partial charge in [-0.25, -0.2) is 14.4 Å². The van der Waals surface area contributed by atoms with Crippen LogP contribution in [-0.2, 0) is 110 Å². The number of ether oxygens (including phenoxy) is 8. The molecule has 4 aliphatic heterocycles. The van der Waals surface area contributed by atoms with Crippen molar-refractivity contribution in [3.05, 3.63) is 101 Å². The fraction of sp³-hybridized carbons (Fsp3) is 0.627. The van der Waals surface area contributed by atoms with Crippen LogP contribution in [0.15, 0.2) is 101 Å². The molecule has 0 aliphatic carbocycles. The third-order valence-electron chi connectivity index (χ3n) is 13.0. The number of esters is 7. The largest absolute Gasteiger partial charge is 0.481 e. The summed E-state index contributed by atoms with van der Waals surface area (Å²) in [5.41, 5.74) is -2.27. The fourth-order valence-electron chi connectivity index (χ4n) is 5.60. The summed E-state index contributed by atoms with van der Waals surface area (Å²) in [7, 11) is 0. The average molecular weight is 1780 g/mol. The molecule has 0 bridgehead atoms. The number of amides is 5. The van der Waals surface area contributed by atoms with Crippen molar-refractivity contribution in [3.63, 3.8) is 0 Å². The molecule has 14 N–H and O–H groups in total. The highest BCUT2D eigenvalue weighted by Crippen LogP contribution is 2.17. The summed E-state index contributed by atoms with van der Waals surface area (Å²) in [6.07, 6.45) is 8.37. The maximum Gasteiger partial charge on any atom is 0.330 e. The van der Waals surface area contributed by atoms with E-state index in [-0.39, 0.29) is 140 Å². The van der Waals surface area contributed by atoms with Gasteiger partial charge in [0.15, 0.2) is 0 Å². The Bertz CT molecular complexity index is 3000. The predicted molar refractivity (Wildman–Crippen MR) is 468 cm³/mol. The van der Waals surface area contributed by atoms with Gasteiger partial charge in [-0.1, -0.05) is 163 Å². The second kappa shape index (κ2) is 84.2. The van der Waals surface area contributed by atoms with Gasteiger partial charge >= 0.3 is 47.8 Å². The van der Waals surface area contributed by atoms with Gasteiger partial charge in [-0.05, 0) is 88.2 Å². The minimum absolute atomic E-state index is 0. The molecular weight excluding hydrogens is 1630 g/mol. The van der Waals surface area contributed by atoms with E-state index in [1.54, 1.807) is 102 Å². The summed E-state index contributed by atoms with van der Waals surface area (Å²) in [6.45, 7) is 74.0. The summed E-state index contributed by atoms with van der Waals surface area (Å²) >= 11 is 9.41. The van der Waals surface area contributed by atoms with E-state index in [1.165, 1.54) is 25.7 Å². The van der Waals surface area contributed by atoms with E-state index in [1.807, 2.05) is 41.5 Å². The van der Waals surface area contributed by atoms with Gasteiger partial charge in [0.05, 0.1) is 68.7 Å². The molecule has 36 nitrogen and oxygen atoms in total. The zero-order valence-electron chi connectivity index (χ0n) is 75.6. The molecule has 0 spiro atoms. The number of rotatable bonds is 39. The van der Waals surface area contributed by atoms with Crippen molar-refractivity contribution in [2.24, 2.45) is 35.0 Å². The quantitative estimate of drug-likeness (QED) is 0.00799. The summed E-state index contributed by atoms with van der Waals surface area (Å²) in [4.78, 5) is 165. The molecule has 702 valence electrons. The maximum absolute atomic E-state index is 12.1. The topological polar surface area (TPSA) is 548 Å². The fourth-order valence-corrected chi connectivity index (χ4v) is 5.60. The van der Waals surface area contributed by atoms with Gasteiger partial charge in [0.25, 0.3) is 0 Å². The number of aliphatic carboxylic acids is 1. The van der Waals surface area contributed by atoms with Crippen molar-refractivity contribution in [1.82, 2.24) is 47.9 Å². The summed E-state index contributed by atoms with van der Waals surface area (Å²) in [6, 6.07) is 0.833. The number of hydrogen-bond acceptors (Lipinski definition) is 29. The van der Waals surface area contributed by atoms with Crippen LogP contribution in [-0.4, -0.2) is 273 Å². The normalized spacial score (nSPS) is 12.9. The second-order valence-electron chi connectivity index (χ2n) is 27.6. The molecule has 4 saturated heterocycles. The Morgan fingerprint density at radius 1 is 0.521 bits per heavy atom. The van der Waals surface area contributed by atoms with Crippen LogP contribution in [0.5, 0.6) is 0 Å². The number of nitrogens with one attached hydrogen (secondary N) is 6. The molecule has 0 saturated carbocycles. The predicted octanol–water partition coefficient (Wildman–Crippen LogP) is 6.36. The number of carboxylic acid groups (broad SMARTS) is 1. The molecule has 4 heterocycles. The second-order valence-corrected chi connectivity index (χ2v) is 28.3. The van der Waals surface area contributed by atoms with Crippen LogP contribution in [0, 0.1) is 35.0 Å². The van der Waals surface area contributed by atoms with Crippen LogP contribution in [0.4, 0.5) is 0 Å². The highest BCUT2D eigenvalue weighted by Gasteiger charge is 2.38. The maximum atomic E-state index is 12.1. The van der Waals surface area contributed by atoms with Gasteiger partial charge in [-0.3, -0.25) is 62.4 Å². The minimum atomic E-state index is -1.05. The van der Waals surface area contributed by atoms with E-state index in [0.717, 1.165) is 68.2 Å². The van der Waals surface area contributed by atoms with Gasteiger partial charge in [-0.2, -0.15) is 0 Å². The van der Waals surface area contributed by atoms with Crippen LogP contribution in [0.1, 0.15) is 152 Å². The van der Waals surface area contributed by atoms with Crippen LogP contribution < -0.4 is 38.1 Å². The number of carboxylic acids is 1. The Kier molecular flexibility index (Phi) is 93.9. The lowest BCUT2D eigenvalue weighted by atomic mass is 9.94. The minimum Gasteiger partial charge on any atom is -0.481 e. The number of aliphatic hydroxyl groups excluding tert-OH is 2. The Hall–Kier alpha value is -9.37. The Labute approximate surface area is 728 Å². The zero-order chi connectivity index (χ0) is 94.6. The van der Waals surface area contributed by atoms with Crippen LogP contribution in [0.3, 0.4) is 0 Å². The Morgan fingerprint density at radius 2 is 0.868 bits per heavy atom. The zero-order valence-corrected chi connectivity index (χ0v) is 77.1. The standard InChI is InChI=1S/C16H28N2O4.C11H19NO4.C11H18O5.C9H14N2O2.C9H15NO3.C6H8O3.C4H9NO.C4H8O2.2C3H3ClO.C3H7N.2C2H6.H3N.H2O/c1-8-12(19)18-16(6,7)14(21)17-9-15(4,5)10-22-13(20)11(2)3;1-4-10(13)15-7-5-12-6-8-16-11(14)9(2)3;1-4-10(13)16-7-9(12)5-6-15-11(14)8(2)3;1-4-7(12)10-9(2,3)8(13)11-5-6-11;1-4-8(11)10-5-6-13-9(12)7(2)3;1-2-6(7)9-4-5-3-8-5;6-4-3-5-1-2-5;1-3(2)4(5)6;2*1-2-3(4)5;1-3-2-4-3;2*1-2;;/h8,11H,1,9-10H2,2-7H3,(H,17,21)(H,18,19);4,9,12H,1,5-8H2,2-3H3;4,8-9,12H,1,5-7H2,2-3H3;4H,1,5-6H2,2-3H3,(H,10,12);4,7H,1,5-6H2,2-3H3,(H,10,11);2,5H,1,3-4H2;6H,1-4H2;3H,1-2H3,(H,5,6);2*2H,1H2;3-4H,2H2,1H3;2*1-2H3;1H3;1H2. The van der Waals surface area contributed by atoms with Crippen molar-refractivity contribution < 1.29 is 131 Å². The molecule has 121 heavy (non-hydrogen) atoms. The van der Waals surface area contributed by atoms with E-state index in [0.29, 0.717) is 52.6 Å². The highest BCUT2D eigenvalue weighted by molar-refractivity contribution is 6.66. The molecule has 38 heteroatoms. The van der Waals surface area contributed by atoms with Crippen molar-refractivity contribution >= 4 is 111 Å². The van der Waals surface area contributed by atoms with E-state index >= 15 is 0 Å². The molecule has 0 aromatic heterocycles. The van der Waals surface area contributed by atoms with E-state index in [9.17, 15) is 77.0 Å². The monoisotopic (exact) mass is 1770 g/mol. The summed E-state index contributed by atoms with van der Waals surface area (Å²) < 4.78 is 38.5. The molecule has 4 aliphatic rings. The lowest BCUT2D eigenvalue weighted by Gasteiger charge is -2.29. The first kappa shape index (κ1) is 135. The number of allylic oxidation sites excluding steroid dienone is 2. The third-order valence-corrected chi connectivity index (χ3v) is 13.3. The van der Waals surface area contributed by atoms with Crippen molar-refractivity contribution in [1.29, 1.82) is 0 Å². The lowest BCUT2D eigenvalue weighted by Crippen LogP contribution is -2.55. The first-order valence-corrected chi connectivity index (χ1v) is 39.4. The number of β-amino-alcohol motifs (C(OH)–C–C–N with tert-alkyl or cyclic N) is 1. The first-order valence-electron chi connectivity index (χ1n) is 38.7. The van der Waals surface area contributed by atoms with Crippen LogP contribution >= 0.6 is 23.2 Å². The smallest absolute Gasteiger partial charge is 0.330 e. The van der Waals surface area contributed by atoms with Crippen molar-refractivity contribution in [2.45, 2.75) is 181 Å². The number of halogens is 2. The van der Waals surface area contributed by atoms with E-state index < -0.39 is 56.9 Å². The lowest BCUT2D eigenvalue weighted by molar-refractivity contribution is -0.150. The Balaban J connectivity index is -0.000000125. The van der Waals surface area contributed by atoms with E-state index in [4.69, 9.17) is 61.8 Å². The highest BCUT2D eigenvalue weighted by atomic mass is 35.5. The van der Waals surface area contributed by atoms with E-state index in [2.05, 4.69) is 106 Å². The van der Waals surface area contributed by atoms with Crippen LogP contribution in [0.2, 0.25) is 0 Å². The number of carbonyl (C=O) groups excluding carboxylic acids is 14. The molecular formula is C83H149Cl2N9O27. The molecule has 4 rings (SSSR count). The molecule has 0 aromatic carbocycles. The summed E-state index contributed by atoms with van der Waals surface area (Å²) in [5, 5.41) is 41.0. The number of nitrogens with zero attached hydrogens (tertiary/aromatic N) is 2.